The van der Waals surface area contributed by atoms with E-state index in [1.54, 1.807) is 72.8 Å². The van der Waals surface area contributed by atoms with Gasteiger partial charge in [-0.05, 0) is 23.3 Å². The van der Waals surface area contributed by atoms with Crippen LogP contribution in [0.3, 0.4) is 0 Å². The van der Waals surface area contributed by atoms with Crippen LogP contribution in [-0.2, 0) is 0 Å². The molecule has 0 aliphatic carbocycles. The summed E-state index contributed by atoms with van der Waals surface area (Å²) in [5, 5.41) is 87.8. The van der Waals surface area contributed by atoms with Crippen LogP contribution in [0.25, 0.3) is 60.7 Å². The van der Waals surface area contributed by atoms with E-state index in [0.717, 1.165) is 0 Å². The molecule has 0 fully saturated rings. The maximum absolute atomic E-state index is 11.9. The molecule has 0 aliphatic heterocycles. The van der Waals surface area contributed by atoms with Crippen molar-refractivity contribution in [3.05, 3.63) is 96.5 Å². The number of para-hydroxylation sites is 1. The fourth-order valence-electron chi connectivity index (χ4n) is 5.30. The number of phenolic OH excluding ortho intramolecular Hbond substituents is 5. The van der Waals surface area contributed by atoms with Crippen molar-refractivity contribution in [2.45, 2.75) is 0 Å². The molecule has 9 heteroatoms. The molecule has 0 spiro atoms. The van der Waals surface area contributed by atoms with Crippen LogP contribution in [0.1, 0.15) is 5.56 Å². The van der Waals surface area contributed by atoms with Crippen LogP contribution in [0.2, 0.25) is 0 Å². The first kappa shape index (κ1) is 25.3. The van der Waals surface area contributed by atoms with Crippen LogP contribution < -0.4 is 0 Å². The summed E-state index contributed by atoms with van der Waals surface area (Å²) in [4.78, 5) is 0. The SMILES string of the molecule is C=C(O)/C(O)=C(/O)c1c(O)c(-c2cccc3oc4ccccc4c23)c2c(O)c(O)c(O)c(O)c2c1-c1ccccc1. The number of fused-ring (bicyclic) bond motifs is 4. The van der Waals surface area contributed by atoms with Crippen molar-refractivity contribution in [1.29, 1.82) is 0 Å². The zero-order valence-corrected chi connectivity index (χ0v) is 21.1. The number of furan rings is 1. The third-order valence-electron chi connectivity index (χ3n) is 7.09. The Morgan fingerprint density at radius 2 is 1.15 bits per heavy atom. The Morgan fingerprint density at radius 1 is 0.561 bits per heavy atom. The molecule has 0 saturated heterocycles. The summed E-state index contributed by atoms with van der Waals surface area (Å²) in [5.41, 5.74) is 0.662. The van der Waals surface area contributed by atoms with Gasteiger partial charge in [0.25, 0.3) is 0 Å². The molecule has 8 N–H and O–H groups in total. The summed E-state index contributed by atoms with van der Waals surface area (Å²) in [6, 6.07) is 20.0. The van der Waals surface area contributed by atoms with Gasteiger partial charge < -0.3 is 45.3 Å². The number of hydrogen-bond acceptors (Lipinski definition) is 9. The van der Waals surface area contributed by atoms with Crippen LogP contribution in [0, 0.1) is 0 Å². The van der Waals surface area contributed by atoms with Crippen LogP contribution in [0.5, 0.6) is 28.7 Å². The summed E-state index contributed by atoms with van der Waals surface area (Å²) < 4.78 is 5.98. The molecule has 6 aromatic rings. The number of rotatable bonds is 4. The highest BCUT2D eigenvalue weighted by atomic mass is 16.3. The van der Waals surface area contributed by atoms with Gasteiger partial charge >= 0.3 is 0 Å². The first-order valence-electron chi connectivity index (χ1n) is 12.3. The molecule has 1 aromatic heterocycles. The third-order valence-corrected chi connectivity index (χ3v) is 7.09. The molecule has 41 heavy (non-hydrogen) atoms. The second-order valence-corrected chi connectivity index (χ2v) is 9.40. The van der Waals surface area contributed by atoms with E-state index >= 15 is 0 Å². The monoisotopic (exact) mass is 550 g/mol. The quantitative estimate of drug-likeness (QED) is 0.0479. The van der Waals surface area contributed by atoms with Crippen molar-refractivity contribution >= 4 is 38.5 Å². The maximum atomic E-state index is 11.9. The molecule has 1 heterocycles. The second-order valence-electron chi connectivity index (χ2n) is 9.40. The topological polar surface area (TPSA) is 175 Å². The Hall–Kier alpha value is -5.96. The van der Waals surface area contributed by atoms with Gasteiger partial charge in [0, 0.05) is 32.7 Å². The minimum atomic E-state index is -1.07. The number of hydrogen-bond donors (Lipinski definition) is 8. The van der Waals surface area contributed by atoms with Gasteiger partial charge in [-0.25, -0.2) is 0 Å². The number of phenols is 5. The highest BCUT2D eigenvalue weighted by molar-refractivity contribution is 6.22. The Labute approximate surface area is 231 Å². The first-order chi connectivity index (χ1) is 19.6. The van der Waals surface area contributed by atoms with Gasteiger partial charge in [-0.3, -0.25) is 0 Å². The predicted octanol–water partition coefficient (Wildman–Crippen LogP) is 7.46. The fraction of sp³-hybridized carbons (Fsp3) is 0. The smallest absolute Gasteiger partial charge is 0.204 e. The first-order valence-corrected chi connectivity index (χ1v) is 12.3. The number of aromatic hydroxyl groups is 5. The van der Waals surface area contributed by atoms with Gasteiger partial charge in [0.1, 0.15) is 16.9 Å². The predicted molar refractivity (Wildman–Crippen MR) is 154 cm³/mol. The molecule has 5 aromatic carbocycles. The molecule has 0 bridgehead atoms. The Balaban J connectivity index is 1.95. The molecule has 6 rings (SSSR count). The van der Waals surface area contributed by atoms with Gasteiger partial charge in [-0.2, -0.15) is 0 Å². The normalized spacial score (nSPS) is 12.2. The van der Waals surface area contributed by atoms with Gasteiger partial charge in [-0.1, -0.05) is 67.2 Å². The van der Waals surface area contributed by atoms with Crippen LogP contribution in [0.4, 0.5) is 0 Å². The van der Waals surface area contributed by atoms with Gasteiger partial charge in [0.2, 0.25) is 11.5 Å². The Kier molecular flexibility index (Phi) is 5.60. The lowest BCUT2D eigenvalue weighted by molar-refractivity contribution is 0.315. The Morgan fingerprint density at radius 3 is 1.80 bits per heavy atom. The lowest BCUT2D eigenvalue weighted by atomic mass is 9.84. The van der Waals surface area contributed by atoms with Crippen molar-refractivity contribution in [2.75, 3.05) is 0 Å². The van der Waals surface area contributed by atoms with Crippen molar-refractivity contribution in [3.8, 4) is 51.0 Å². The minimum absolute atomic E-state index is 0.139. The zero-order chi connectivity index (χ0) is 29.2. The van der Waals surface area contributed by atoms with Crippen LogP contribution in [-0.4, -0.2) is 40.9 Å². The highest BCUT2D eigenvalue weighted by Crippen LogP contribution is 2.59. The van der Waals surface area contributed by atoms with Crippen molar-refractivity contribution < 1.29 is 45.3 Å². The van der Waals surface area contributed by atoms with E-state index in [0.29, 0.717) is 21.9 Å². The van der Waals surface area contributed by atoms with Gasteiger partial charge in [0.15, 0.2) is 28.8 Å². The standard InChI is InChI=1S/C32H22O9/c1-14(33)26(34)30(38)25-20(15-8-3-2-4-9-15)23-24(29(37)32(40)31(39)28(23)36)22(27(25)35)17-11-7-13-19-21(17)16-10-5-6-12-18(16)41-19/h2-13,33-40H,1H2/b30-26-. The summed E-state index contributed by atoms with van der Waals surface area (Å²) in [6.45, 7) is 3.23. The summed E-state index contributed by atoms with van der Waals surface area (Å²) >= 11 is 0. The molecule has 0 saturated carbocycles. The highest BCUT2D eigenvalue weighted by Gasteiger charge is 2.33. The van der Waals surface area contributed by atoms with Gasteiger partial charge in [0.05, 0.1) is 5.56 Å². The molecular formula is C32H22O9. The molecular weight excluding hydrogens is 528 g/mol. The van der Waals surface area contributed by atoms with E-state index in [1.165, 1.54) is 0 Å². The van der Waals surface area contributed by atoms with Crippen LogP contribution in [0.15, 0.2) is 95.3 Å². The van der Waals surface area contributed by atoms with E-state index < -0.39 is 51.6 Å². The summed E-state index contributed by atoms with van der Waals surface area (Å²) in [6.07, 6.45) is 0. The maximum Gasteiger partial charge on any atom is 0.204 e. The molecule has 0 atom stereocenters. The number of aliphatic hydroxyl groups excluding tert-OH is 3. The van der Waals surface area contributed by atoms with E-state index in [2.05, 4.69) is 6.58 Å². The minimum Gasteiger partial charge on any atom is -0.506 e. The van der Waals surface area contributed by atoms with Crippen molar-refractivity contribution in [3.63, 3.8) is 0 Å². The van der Waals surface area contributed by atoms with Crippen LogP contribution >= 0.6 is 0 Å². The lowest BCUT2D eigenvalue weighted by Gasteiger charge is -2.22. The average Bonchev–Trinajstić information content (AvgIpc) is 3.37. The Bertz CT molecular complexity index is 2090. The van der Waals surface area contributed by atoms with E-state index in [4.69, 9.17) is 4.42 Å². The molecule has 0 unspecified atom stereocenters. The van der Waals surface area contributed by atoms with Crippen molar-refractivity contribution in [1.82, 2.24) is 0 Å². The summed E-state index contributed by atoms with van der Waals surface area (Å²) in [7, 11) is 0. The lowest BCUT2D eigenvalue weighted by Crippen LogP contribution is -2.01. The van der Waals surface area contributed by atoms with E-state index in [-0.39, 0.29) is 33.0 Å². The van der Waals surface area contributed by atoms with Gasteiger partial charge in [-0.15, -0.1) is 0 Å². The third kappa shape index (κ3) is 3.56. The molecule has 0 radical (unpaired) electrons. The van der Waals surface area contributed by atoms with E-state index in [1.807, 2.05) is 0 Å². The molecule has 204 valence electrons. The molecule has 9 nitrogen and oxygen atoms in total. The number of aliphatic hydroxyl groups is 3. The second kappa shape index (κ2) is 9.06. The van der Waals surface area contributed by atoms with Crippen molar-refractivity contribution in [2.24, 2.45) is 0 Å². The fourth-order valence-corrected chi connectivity index (χ4v) is 5.30. The molecule has 0 aliphatic rings. The molecule has 0 amide bonds. The largest absolute Gasteiger partial charge is 0.506 e. The van der Waals surface area contributed by atoms with E-state index in [9.17, 15) is 40.9 Å². The zero-order valence-electron chi connectivity index (χ0n) is 21.1. The summed E-state index contributed by atoms with van der Waals surface area (Å²) in [5.74, 6) is -7.53. The number of benzene rings is 5. The average molecular weight is 551 g/mol.